The Balaban J connectivity index is 0.894. The largest absolute Gasteiger partial charge is 0.377 e. The second-order valence-electron chi connectivity index (χ2n) is 17.0. The van der Waals surface area contributed by atoms with Crippen molar-refractivity contribution in [3.63, 3.8) is 0 Å². The first kappa shape index (κ1) is 45.1. The lowest BCUT2D eigenvalue weighted by molar-refractivity contribution is -0.124. The summed E-state index contributed by atoms with van der Waals surface area (Å²) in [6.45, 7) is 10.3. The fourth-order valence-corrected chi connectivity index (χ4v) is 10.7. The summed E-state index contributed by atoms with van der Waals surface area (Å²) in [5.74, 6) is -0.800. The Kier molecular flexibility index (Phi) is 11.4. The number of rotatable bonds is 11. The molecule has 22 heteroatoms. The average Bonchev–Trinajstić information content (AvgIpc) is 3.60. The highest BCUT2D eigenvalue weighted by atomic mass is 32.5. The van der Waals surface area contributed by atoms with Crippen molar-refractivity contribution in [3.8, 4) is 6.07 Å². The van der Waals surface area contributed by atoms with Crippen LogP contribution in [0.2, 0.25) is 0 Å². The van der Waals surface area contributed by atoms with Crippen LogP contribution in [0.1, 0.15) is 65.4 Å². The Hall–Kier alpha value is -4.95. The number of fused-ring (bicyclic) bond motifs is 1. The molecule has 3 aliphatic heterocycles. The molecule has 4 heterocycles. The molecule has 0 radical (unpaired) electrons. The molecular formula is C40H49F5N10O5S2. The molecule has 62 heavy (non-hydrogen) atoms. The van der Waals surface area contributed by atoms with Gasteiger partial charge in [-0.3, -0.25) is 44.0 Å². The van der Waals surface area contributed by atoms with Crippen LogP contribution in [0.25, 0.3) is 10.9 Å². The van der Waals surface area contributed by atoms with Gasteiger partial charge in [0.05, 0.1) is 41.7 Å². The summed E-state index contributed by atoms with van der Waals surface area (Å²) < 4.78 is 77.5. The van der Waals surface area contributed by atoms with Crippen LogP contribution in [0.5, 0.6) is 0 Å². The maximum atomic E-state index is 13.9. The molecule has 0 spiro atoms. The summed E-state index contributed by atoms with van der Waals surface area (Å²) in [6.07, 6.45) is 2.50. The molecule has 0 unspecified atom stereocenters. The lowest BCUT2D eigenvalue weighted by Gasteiger charge is -2.44. The number of halogens is 5. The number of benzene rings is 2. The topological polar surface area (TPSA) is 159 Å². The van der Waals surface area contributed by atoms with Crippen molar-refractivity contribution >= 4 is 79.4 Å². The van der Waals surface area contributed by atoms with Crippen molar-refractivity contribution in [2.24, 2.45) is 7.05 Å². The van der Waals surface area contributed by atoms with Gasteiger partial charge in [-0.1, -0.05) is 25.5 Å². The Labute approximate surface area is 360 Å². The van der Waals surface area contributed by atoms with Crippen LogP contribution in [0.4, 0.5) is 41.4 Å². The van der Waals surface area contributed by atoms with E-state index in [4.69, 9.17) is 22.2 Å². The van der Waals surface area contributed by atoms with Crippen molar-refractivity contribution in [2.75, 3.05) is 54.4 Å². The van der Waals surface area contributed by atoms with Gasteiger partial charge in [-0.15, -0.1) is 0 Å². The number of aromatic nitrogens is 2. The van der Waals surface area contributed by atoms with Gasteiger partial charge in [0.1, 0.15) is 16.5 Å². The van der Waals surface area contributed by atoms with Gasteiger partial charge in [0.2, 0.25) is 11.8 Å². The van der Waals surface area contributed by atoms with Gasteiger partial charge in [0.15, 0.2) is 10.9 Å². The van der Waals surface area contributed by atoms with Crippen molar-refractivity contribution in [2.45, 2.75) is 94.5 Å². The first-order valence-electron chi connectivity index (χ1n) is 20.3. The number of anilines is 3. The summed E-state index contributed by atoms with van der Waals surface area (Å²) in [5.41, 5.74) is -1.80. The maximum absolute atomic E-state index is 13.9. The number of piperazine rings is 1. The van der Waals surface area contributed by atoms with Gasteiger partial charge < -0.3 is 15.0 Å². The lowest BCUT2D eigenvalue weighted by atomic mass is 9.89. The van der Waals surface area contributed by atoms with Crippen LogP contribution in [-0.2, 0) is 26.2 Å². The van der Waals surface area contributed by atoms with Crippen LogP contribution in [-0.4, -0.2) is 122 Å². The third-order valence-electron chi connectivity index (χ3n) is 12.2. The quantitative estimate of drug-likeness (QED) is 0.157. The molecule has 1 saturated carbocycles. The zero-order valence-corrected chi connectivity index (χ0v) is 36.5. The number of carbonyl (C=O) groups is 4. The number of thiocarbonyl (C=S) groups is 1. The number of para-hydroxylation sites is 1. The molecule has 1 aromatic heterocycles. The van der Waals surface area contributed by atoms with Crippen molar-refractivity contribution in [1.82, 2.24) is 29.8 Å². The van der Waals surface area contributed by atoms with Gasteiger partial charge in [0, 0.05) is 63.2 Å². The van der Waals surface area contributed by atoms with Gasteiger partial charge in [-0.2, -0.15) is 10.4 Å². The van der Waals surface area contributed by atoms with E-state index < -0.39 is 43.8 Å². The summed E-state index contributed by atoms with van der Waals surface area (Å²) in [5, 5.41) is 19.6. The molecular weight excluding hydrogens is 860 g/mol. The van der Waals surface area contributed by atoms with E-state index in [9.17, 15) is 38.6 Å². The third-order valence-corrected chi connectivity index (χ3v) is 13.7. The molecule has 1 aliphatic carbocycles. The molecule has 4 fully saturated rings. The molecule has 2 atom stereocenters. The minimum atomic E-state index is -10.3. The zero-order valence-electron chi connectivity index (χ0n) is 34.9. The molecule has 5 amide bonds. The maximum Gasteiger partial charge on any atom is 0.329 e. The number of hydrogen-bond donors (Lipinski definition) is 2. The van der Waals surface area contributed by atoms with Crippen LogP contribution in [0.3, 0.4) is 0 Å². The first-order valence-corrected chi connectivity index (χ1v) is 22.7. The number of nitriles is 1. The van der Waals surface area contributed by atoms with E-state index in [0.717, 1.165) is 11.0 Å². The zero-order chi connectivity index (χ0) is 45.2. The number of urea groups is 1. The summed E-state index contributed by atoms with van der Waals surface area (Å²) in [6, 6.07) is 7.66. The molecule has 7 rings (SSSR count). The van der Waals surface area contributed by atoms with Crippen LogP contribution in [0.15, 0.2) is 41.3 Å². The van der Waals surface area contributed by atoms with E-state index >= 15 is 0 Å². The molecule has 0 bridgehead atoms. The number of amides is 5. The molecule has 4 aliphatic rings. The predicted molar refractivity (Wildman–Crippen MR) is 227 cm³/mol. The smallest absolute Gasteiger partial charge is 0.329 e. The van der Waals surface area contributed by atoms with Crippen molar-refractivity contribution < 1.29 is 43.3 Å². The van der Waals surface area contributed by atoms with Gasteiger partial charge >= 0.3 is 16.3 Å². The van der Waals surface area contributed by atoms with Gasteiger partial charge in [0.25, 0.3) is 5.91 Å². The minimum Gasteiger partial charge on any atom is -0.377 e. The van der Waals surface area contributed by atoms with E-state index in [2.05, 4.69) is 39.4 Å². The molecule has 2 aromatic carbocycles. The van der Waals surface area contributed by atoms with Crippen LogP contribution >= 0.6 is 22.4 Å². The number of carbonyl (C=O) groups excluding carboxylic acids is 4. The van der Waals surface area contributed by atoms with E-state index in [-0.39, 0.29) is 66.7 Å². The predicted octanol–water partition coefficient (Wildman–Crippen LogP) is 6.62. The Morgan fingerprint density at radius 2 is 1.73 bits per heavy atom. The Morgan fingerprint density at radius 3 is 2.35 bits per heavy atom. The number of nitrogens with one attached hydrogen (secondary N) is 2. The Bertz CT molecular complexity index is 2370. The highest BCUT2D eigenvalue weighted by molar-refractivity contribution is 8.45. The summed E-state index contributed by atoms with van der Waals surface area (Å²) in [7, 11) is -8.55. The normalized spacial score (nSPS) is 25.1. The van der Waals surface area contributed by atoms with Crippen LogP contribution < -0.4 is 20.4 Å². The van der Waals surface area contributed by atoms with E-state index in [0.29, 0.717) is 80.4 Å². The number of nitrogens with zero attached hydrogens (tertiary/aromatic N) is 8. The highest BCUT2D eigenvalue weighted by Crippen LogP contribution is 3.02. The second kappa shape index (κ2) is 15.7. The first-order chi connectivity index (χ1) is 28.9. The molecule has 3 saturated heterocycles. The minimum absolute atomic E-state index is 0.0524. The summed E-state index contributed by atoms with van der Waals surface area (Å²) in [4.78, 5) is 57.4. The highest BCUT2D eigenvalue weighted by Gasteiger charge is 2.67. The number of ether oxygens (including phenoxy) is 1. The lowest BCUT2D eigenvalue weighted by Crippen LogP contribution is -2.58. The molecule has 2 N–H and O–H groups in total. The van der Waals surface area contributed by atoms with E-state index in [1.54, 1.807) is 42.6 Å². The van der Waals surface area contributed by atoms with Crippen molar-refractivity contribution in [3.05, 3.63) is 42.0 Å². The fraction of sp³-hybridized carbons (Fsp3) is 0.525. The van der Waals surface area contributed by atoms with E-state index in [1.807, 2.05) is 6.07 Å². The molecule has 3 aromatic rings. The fourth-order valence-electron chi connectivity index (χ4n) is 9.23. The number of imide groups is 1. The number of aryl methyl sites for hydroxylation is 1. The second-order valence-corrected chi connectivity index (χ2v) is 19.7. The molecule has 336 valence electrons. The summed E-state index contributed by atoms with van der Waals surface area (Å²) >= 11 is 5.63. The van der Waals surface area contributed by atoms with Crippen molar-refractivity contribution in [1.29, 1.82) is 5.26 Å². The average molecular weight is 909 g/mol. The standard InChI is InChI=1S/C40H49F5N10O5S2/c1-24-21-51(22-25(2)53(24)23-34(57)47-31-8-6-7-30-35(31)50(5)49-36(30)52-16-15-33(56)48-38(52)59)17-18-60-29-13-11-27(12-14-29)55-39(61)54(37(58)40(55,3)4)28-10-9-26(20-46)32(19-28)62(41,42,43,44)45/h6-10,19,24-25,27,29H,11-18,21-23H2,1-5H3,(H,47,57)(H,48,56,59)/t24-,25+,27-,29-. The van der Waals surface area contributed by atoms with Crippen LogP contribution in [0, 0.1) is 11.3 Å². The molecule has 15 nitrogen and oxygen atoms in total. The monoisotopic (exact) mass is 908 g/mol. The SMILES string of the molecule is C[C@@H]1CN(CCO[C@H]2CC[C@H](N3C(=S)N(c4ccc(C#N)c(S(F)(F)(F)(F)F)c4)C(=O)C3(C)C)CC2)C[C@H](C)N1CC(=O)Nc1cccc2c(N3CCC(=O)NC3=O)nn(C)c12. The number of hydrogen-bond acceptors (Lipinski definition) is 10. The third kappa shape index (κ3) is 8.82. The Morgan fingerprint density at radius 1 is 1.05 bits per heavy atom. The van der Waals surface area contributed by atoms with E-state index in [1.165, 1.54) is 11.0 Å². The van der Waals surface area contributed by atoms with Gasteiger partial charge in [-0.25, -0.2) is 4.79 Å². The van der Waals surface area contributed by atoms with Gasteiger partial charge in [-0.05, 0) is 95.9 Å².